The number of nitrogens with one attached hydrogen (secondary N) is 2. The van der Waals surface area contributed by atoms with E-state index in [4.69, 9.17) is 0 Å². The molecule has 4 nitrogen and oxygen atoms in total. The molecule has 1 heterocycles. The summed E-state index contributed by atoms with van der Waals surface area (Å²) in [7, 11) is 0. The molecule has 0 radical (unpaired) electrons. The molecule has 3 N–H and O–H groups in total. The number of fused-ring (bicyclic) bond motifs is 1. The molecule has 0 aliphatic heterocycles. The van der Waals surface area contributed by atoms with Gasteiger partial charge in [0.1, 0.15) is 0 Å². The molecule has 0 fully saturated rings. The summed E-state index contributed by atoms with van der Waals surface area (Å²) in [5.74, 6) is -0.190. The predicted molar refractivity (Wildman–Crippen MR) is 76.1 cm³/mol. The Morgan fingerprint density at radius 1 is 1.21 bits per heavy atom. The molecule has 0 unspecified atom stereocenters. The van der Waals surface area contributed by atoms with Gasteiger partial charge in [-0.3, -0.25) is 4.79 Å². The Labute approximate surface area is 112 Å². The number of amides is 1. The molecular formula is C15H20N2O2. The Kier molecular flexibility index (Phi) is 3.14. The lowest BCUT2D eigenvalue weighted by molar-refractivity contribution is -0.00289. The van der Waals surface area contributed by atoms with Crippen LogP contribution in [-0.2, 0) is 0 Å². The van der Waals surface area contributed by atoms with E-state index in [2.05, 4.69) is 10.3 Å². The van der Waals surface area contributed by atoms with Gasteiger partial charge in [-0.1, -0.05) is 18.2 Å². The van der Waals surface area contributed by atoms with Crippen LogP contribution in [0, 0.1) is 0 Å². The van der Waals surface area contributed by atoms with Gasteiger partial charge in [-0.2, -0.15) is 0 Å². The molecule has 1 amide bonds. The summed E-state index contributed by atoms with van der Waals surface area (Å²) in [5.41, 5.74) is -0.210. The summed E-state index contributed by atoms with van der Waals surface area (Å²) in [6.07, 6.45) is 1.69. The average Bonchev–Trinajstić information content (AvgIpc) is 2.70. The smallest absolute Gasteiger partial charge is 0.253 e. The van der Waals surface area contributed by atoms with Crippen molar-refractivity contribution in [2.24, 2.45) is 0 Å². The van der Waals surface area contributed by atoms with E-state index in [0.717, 1.165) is 10.9 Å². The van der Waals surface area contributed by atoms with Crippen LogP contribution in [0.5, 0.6) is 0 Å². The van der Waals surface area contributed by atoms with Gasteiger partial charge in [0.05, 0.1) is 16.7 Å². The monoisotopic (exact) mass is 260 g/mol. The first-order chi connectivity index (χ1) is 8.72. The van der Waals surface area contributed by atoms with Crippen LogP contribution in [0.3, 0.4) is 0 Å². The van der Waals surface area contributed by atoms with Crippen molar-refractivity contribution >= 4 is 16.8 Å². The number of carbonyl (C=O) groups excluding carboxylic acids is 1. The van der Waals surface area contributed by atoms with Crippen molar-refractivity contribution in [2.45, 2.75) is 38.8 Å². The first kappa shape index (κ1) is 13.6. The summed E-state index contributed by atoms with van der Waals surface area (Å²) in [4.78, 5) is 15.4. The van der Waals surface area contributed by atoms with Gasteiger partial charge < -0.3 is 15.4 Å². The minimum atomic E-state index is -1.01. The van der Waals surface area contributed by atoms with Crippen LogP contribution in [0.15, 0.2) is 30.5 Å². The Morgan fingerprint density at radius 2 is 1.84 bits per heavy atom. The SMILES string of the molecule is CC(C)(O)C(C)(C)NC(=O)c1c[nH]c2ccccc12. The van der Waals surface area contributed by atoms with Crippen LogP contribution < -0.4 is 5.32 Å². The number of aromatic amines is 1. The maximum atomic E-state index is 12.3. The van der Waals surface area contributed by atoms with Gasteiger partial charge in [-0.15, -0.1) is 0 Å². The standard InChI is InChI=1S/C15H20N2O2/c1-14(2,15(3,4)19)17-13(18)11-9-16-12-8-6-5-7-10(11)12/h5-9,16,19H,1-4H3,(H,17,18). The molecule has 0 saturated carbocycles. The molecular weight excluding hydrogens is 240 g/mol. The van der Waals surface area contributed by atoms with Crippen molar-refractivity contribution in [1.29, 1.82) is 0 Å². The van der Waals surface area contributed by atoms with Crippen LogP contribution >= 0.6 is 0 Å². The number of aliphatic hydroxyl groups is 1. The number of hydrogen-bond donors (Lipinski definition) is 3. The van der Waals surface area contributed by atoms with Crippen molar-refractivity contribution in [3.63, 3.8) is 0 Å². The zero-order chi connectivity index (χ0) is 14.3. The first-order valence-electron chi connectivity index (χ1n) is 6.33. The quantitative estimate of drug-likeness (QED) is 0.793. The van der Waals surface area contributed by atoms with E-state index in [-0.39, 0.29) is 5.91 Å². The molecule has 4 heteroatoms. The van der Waals surface area contributed by atoms with E-state index in [9.17, 15) is 9.90 Å². The number of carbonyl (C=O) groups is 1. The molecule has 0 saturated heterocycles. The van der Waals surface area contributed by atoms with E-state index >= 15 is 0 Å². The maximum Gasteiger partial charge on any atom is 0.253 e. The highest BCUT2D eigenvalue weighted by Crippen LogP contribution is 2.23. The molecule has 0 aliphatic rings. The van der Waals surface area contributed by atoms with Crippen molar-refractivity contribution in [2.75, 3.05) is 0 Å². The van der Waals surface area contributed by atoms with Gasteiger partial charge in [0.25, 0.3) is 5.91 Å². The lowest BCUT2D eigenvalue weighted by Crippen LogP contribution is -2.57. The predicted octanol–water partition coefficient (Wildman–Crippen LogP) is 2.45. The normalized spacial score (nSPS) is 12.7. The fourth-order valence-electron chi connectivity index (χ4n) is 1.76. The van der Waals surface area contributed by atoms with Crippen LogP contribution in [0.25, 0.3) is 10.9 Å². The lowest BCUT2D eigenvalue weighted by Gasteiger charge is -2.37. The Hall–Kier alpha value is -1.81. The molecule has 0 spiro atoms. The summed E-state index contributed by atoms with van der Waals surface area (Å²) >= 11 is 0. The third kappa shape index (κ3) is 2.49. The molecule has 102 valence electrons. The maximum absolute atomic E-state index is 12.3. The van der Waals surface area contributed by atoms with Gasteiger partial charge in [0.2, 0.25) is 0 Å². The van der Waals surface area contributed by atoms with Gasteiger partial charge in [0.15, 0.2) is 0 Å². The Morgan fingerprint density at radius 3 is 2.47 bits per heavy atom. The molecule has 0 aliphatic carbocycles. The Balaban J connectivity index is 2.31. The van der Waals surface area contributed by atoms with Gasteiger partial charge in [-0.05, 0) is 33.8 Å². The third-order valence-electron chi connectivity index (χ3n) is 3.79. The molecule has 2 rings (SSSR count). The minimum Gasteiger partial charge on any atom is -0.388 e. The number of para-hydroxylation sites is 1. The van der Waals surface area contributed by atoms with Gasteiger partial charge in [0, 0.05) is 17.1 Å². The number of hydrogen-bond acceptors (Lipinski definition) is 2. The molecule has 0 bridgehead atoms. The summed E-state index contributed by atoms with van der Waals surface area (Å²) in [6.45, 7) is 6.98. The minimum absolute atomic E-state index is 0.190. The van der Waals surface area contributed by atoms with Gasteiger partial charge >= 0.3 is 0 Å². The van der Waals surface area contributed by atoms with Crippen LogP contribution in [0.2, 0.25) is 0 Å². The first-order valence-corrected chi connectivity index (χ1v) is 6.33. The number of H-pyrrole nitrogens is 1. The van der Waals surface area contributed by atoms with E-state index in [1.165, 1.54) is 0 Å². The van der Waals surface area contributed by atoms with Crippen LogP contribution in [0.1, 0.15) is 38.1 Å². The van der Waals surface area contributed by atoms with E-state index in [1.54, 1.807) is 33.9 Å². The van der Waals surface area contributed by atoms with Crippen molar-refractivity contribution < 1.29 is 9.90 Å². The van der Waals surface area contributed by atoms with Crippen molar-refractivity contribution in [1.82, 2.24) is 10.3 Å². The average molecular weight is 260 g/mol. The van der Waals surface area contributed by atoms with Crippen LogP contribution in [0.4, 0.5) is 0 Å². The second-order valence-electron chi connectivity index (χ2n) is 5.89. The lowest BCUT2D eigenvalue weighted by atomic mass is 9.85. The summed E-state index contributed by atoms with van der Waals surface area (Å²) in [5, 5.41) is 13.8. The van der Waals surface area contributed by atoms with Gasteiger partial charge in [-0.25, -0.2) is 0 Å². The highest BCUT2D eigenvalue weighted by molar-refractivity contribution is 6.06. The fourth-order valence-corrected chi connectivity index (χ4v) is 1.76. The van der Waals surface area contributed by atoms with Crippen molar-refractivity contribution in [3.8, 4) is 0 Å². The number of rotatable bonds is 3. The largest absolute Gasteiger partial charge is 0.388 e. The second kappa shape index (κ2) is 4.38. The van der Waals surface area contributed by atoms with E-state index in [0.29, 0.717) is 5.56 Å². The third-order valence-corrected chi connectivity index (χ3v) is 3.79. The number of benzene rings is 1. The zero-order valence-electron chi connectivity index (χ0n) is 11.7. The molecule has 0 atom stereocenters. The highest BCUT2D eigenvalue weighted by Gasteiger charge is 2.36. The Bertz CT molecular complexity index is 606. The summed E-state index contributed by atoms with van der Waals surface area (Å²) in [6, 6.07) is 7.64. The number of aromatic nitrogens is 1. The molecule has 1 aromatic heterocycles. The zero-order valence-corrected chi connectivity index (χ0v) is 11.7. The second-order valence-corrected chi connectivity index (χ2v) is 5.89. The van der Waals surface area contributed by atoms with E-state index in [1.807, 2.05) is 24.3 Å². The molecule has 1 aromatic carbocycles. The highest BCUT2D eigenvalue weighted by atomic mass is 16.3. The van der Waals surface area contributed by atoms with Crippen LogP contribution in [-0.4, -0.2) is 27.1 Å². The van der Waals surface area contributed by atoms with E-state index < -0.39 is 11.1 Å². The molecule has 19 heavy (non-hydrogen) atoms. The summed E-state index contributed by atoms with van der Waals surface area (Å²) < 4.78 is 0. The fraction of sp³-hybridized carbons (Fsp3) is 0.400. The van der Waals surface area contributed by atoms with Crippen molar-refractivity contribution in [3.05, 3.63) is 36.0 Å². The topological polar surface area (TPSA) is 65.1 Å². The molecule has 2 aromatic rings.